The lowest BCUT2D eigenvalue weighted by atomic mass is 10.1. The van der Waals surface area contributed by atoms with Crippen LogP contribution in [0.25, 0.3) is 27.0 Å². The first-order valence-corrected chi connectivity index (χ1v) is 12.8. The zero-order valence-electron chi connectivity index (χ0n) is 19.4. The van der Waals surface area contributed by atoms with Crippen molar-refractivity contribution in [1.29, 1.82) is 0 Å². The molecule has 35 heavy (non-hydrogen) atoms. The van der Waals surface area contributed by atoms with Gasteiger partial charge in [-0.05, 0) is 31.5 Å². The van der Waals surface area contributed by atoms with Crippen LogP contribution in [0.1, 0.15) is 12.6 Å². The van der Waals surface area contributed by atoms with Crippen LogP contribution in [-0.4, -0.2) is 30.5 Å². The molecule has 0 radical (unpaired) electrons. The van der Waals surface area contributed by atoms with Gasteiger partial charge in [-0.15, -0.1) is 11.3 Å². The molecule has 0 aliphatic carbocycles. The highest BCUT2D eigenvalue weighted by molar-refractivity contribution is 8.00. The molecule has 0 aliphatic rings. The zero-order chi connectivity index (χ0) is 24.5. The highest BCUT2D eigenvalue weighted by Gasteiger charge is 2.23. The van der Waals surface area contributed by atoms with Crippen LogP contribution < -0.4 is 10.9 Å². The number of carbonyl (C=O) groups is 1. The molecular formula is C26H23N5O2S2. The summed E-state index contributed by atoms with van der Waals surface area (Å²) in [6.07, 6.45) is 1.53. The standard InChI is InChI=1S/C26H23N5O2S2/c1-16-22(26(33)31(30(16)3)19-12-8-5-9-13-19)29-23(32)17(2)35-25-21-20(18-10-6-4-7-11-18)14-34-24(21)27-15-28-25/h4-15,17H,1-3H3,(H,29,32)/t17-/m1/s1. The number of thioether (sulfide) groups is 1. The molecule has 0 saturated carbocycles. The molecule has 5 aromatic rings. The van der Waals surface area contributed by atoms with Gasteiger partial charge < -0.3 is 5.32 Å². The lowest BCUT2D eigenvalue weighted by molar-refractivity contribution is -0.115. The van der Waals surface area contributed by atoms with Gasteiger partial charge in [0.05, 0.1) is 22.0 Å². The van der Waals surface area contributed by atoms with Crippen molar-refractivity contribution in [3.05, 3.63) is 88.4 Å². The first-order chi connectivity index (χ1) is 17.0. The summed E-state index contributed by atoms with van der Waals surface area (Å²) >= 11 is 2.92. The fraction of sp³-hybridized carbons (Fsp3) is 0.154. The predicted molar refractivity (Wildman–Crippen MR) is 143 cm³/mol. The van der Waals surface area contributed by atoms with Crippen LogP contribution >= 0.6 is 23.1 Å². The number of fused-ring (bicyclic) bond motifs is 1. The van der Waals surface area contributed by atoms with Crippen LogP contribution in [-0.2, 0) is 11.8 Å². The number of aromatic nitrogens is 4. The number of anilines is 1. The van der Waals surface area contributed by atoms with Gasteiger partial charge in [0.1, 0.15) is 21.9 Å². The molecule has 0 aliphatic heterocycles. The van der Waals surface area contributed by atoms with Crippen molar-refractivity contribution in [3.8, 4) is 16.8 Å². The van der Waals surface area contributed by atoms with E-state index < -0.39 is 5.25 Å². The second kappa shape index (κ2) is 9.52. The van der Waals surface area contributed by atoms with Crippen molar-refractivity contribution in [3.63, 3.8) is 0 Å². The van der Waals surface area contributed by atoms with Crippen molar-refractivity contribution < 1.29 is 4.79 Å². The number of hydrogen-bond acceptors (Lipinski definition) is 6. The van der Waals surface area contributed by atoms with Gasteiger partial charge >= 0.3 is 0 Å². The Morgan fingerprint density at radius 3 is 2.46 bits per heavy atom. The molecule has 3 heterocycles. The molecule has 0 saturated heterocycles. The van der Waals surface area contributed by atoms with E-state index in [0.717, 1.165) is 32.1 Å². The van der Waals surface area contributed by atoms with Gasteiger partial charge in [-0.25, -0.2) is 14.6 Å². The van der Waals surface area contributed by atoms with Gasteiger partial charge in [-0.1, -0.05) is 60.3 Å². The maximum atomic E-state index is 13.2. The van der Waals surface area contributed by atoms with Crippen LogP contribution in [0.4, 0.5) is 5.69 Å². The Bertz CT molecular complexity index is 1570. The van der Waals surface area contributed by atoms with Gasteiger partial charge in [0.25, 0.3) is 5.56 Å². The topological polar surface area (TPSA) is 81.8 Å². The molecule has 0 fully saturated rings. The minimum Gasteiger partial charge on any atom is -0.319 e. The molecule has 176 valence electrons. The van der Waals surface area contributed by atoms with Gasteiger partial charge in [0, 0.05) is 18.0 Å². The minimum atomic E-state index is -0.485. The summed E-state index contributed by atoms with van der Waals surface area (Å²) < 4.78 is 3.30. The number of nitrogens with zero attached hydrogens (tertiary/aromatic N) is 4. The van der Waals surface area contributed by atoms with Gasteiger partial charge in [0.15, 0.2) is 0 Å². The van der Waals surface area contributed by atoms with Gasteiger partial charge in [-0.2, -0.15) is 0 Å². The van der Waals surface area contributed by atoms with Crippen LogP contribution in [0.5, 0.6) is 0 Å². The monoisotopic (exact) mass is 501 g/mol. The molecule has 1 atom stereocenters. The molecule has 0 bridgehead atoms. The van der Waals surface area contributed by atoms with E-state index in [1.54, 1.807) is 27.7 Å². The number of hydrogen-bond donors (Lipinski definition) is 1. The van der Waals surface area contributed by atoms with Gasteiger partial charge in [0.2, 0.25) is 5.91 Å². The number of para-hydroxylation sites is 1. The van der Waals surface area contributed by atoms with Crippen molar-refractivity contribution in [2.45, 2.75) is 24.1 Å². The van der Waals surface area contributed by atoms with Crippen LogP contribution in [0.15, 0.2) is 82.2 Å². The average molecular weight is 502 g/mol. The van der Waals surface area contributed by atoms with E-state index in [4.69, 9.17) is 0 Å². The van der Waals surface area contributed by atoms with Crippen molar-refractivity contribution in [2.24, 2.45) is 7.05 Å². The molecule has 1 amide bonds. The molecule has 0 spiro atoms. The Morgan fingerprint density at radius 1 is 1.06 bits per heavy atom. The second-order valence-corrected chi connectivity index (χ2v) is 10.2. The molecule has 5 rings (SSSR count). The number of carbonyl (C=O) groups excluding carboxylic acids is 1. The zero-order valence-corrected chi connectivity index (χ0v) is 21.1. The number of benzene rings is 2. The van der Waals surface area contributed by atoms with Crippen LogP contribution in [0.2, 0.25) is 0 Å². The fourth-order valence-electron chi connectivity index (χ4n) is 3.93. The molecule has 0 unspecified atom stereocenters. The molecule has 3 aromatic heterocycles. The van der Waals surface area contributed by atoms with E-state index in [-0.39, 0.29) is 17.2 Å². The summed E-state index contributed by atoms with van der Waals surface area (Å²) in [5, 5.41) is 6.13. The largest absolute Gasteiger partial charge is 0.319 e. The number of nitrogens with one attached hydrogen (secondary N) is 1. The van der Waals surface area contributed by atoms with Crippen molar-refractivity contribution >= 4 is 44.9 Å². The number of thiophene rings is 1. The van der Waals surface area contributed by atoms with Crippen LogP contribution in [0.3, 0.4) is 0 Å². The summed E-state index contributed by atoms with van der Waals surface area (Å²) in [5.74, 6) is -0.260. The second-order valence-electron chi connectivity index (χ2n) is 8.06. The quantitative estimate of drug-likeness (QED) is 0.253. The van der Waals surface area contributed by atoms with Gasteiger partial charge in [-0.3, -0.25) is 14.3 Å². The van der Waals surface area contributed by atoms with Crippen molar-refractivity contribution in [1.82, 2.24) is 19.3 Å². The Balaban J connectivity index is 1.43. The van der Waals surface area contributed by atoms with E-state index in [2.05, 4.69) is 32.8 Å². The third kappa shape index (κ3) is 4.28. The summed E-state index contributed by atoms with van der Waals surface area (Å²) in [4.78, 5) is 36.1. The Labute approximate surface area is 210 Å². The fourth-order valence-corrected chi connectivity index (χ4v) is 5.84. The minimum absolute atomic E-state index is 0.260. The van der Waals surface area contributed by atoms with Crippen molar-refractivity contribution in [2.75, 3.05) is 5.32 Å². The molecule has 7 nitrogen and oxygen atoms in total. The summed E-state index contributed by atoms with van der Waals surface area (Å²) in [7, 11) is 1.80. The summed E-state index contributed by atoms with van der Waals surface area (Å²) in [5.41, 5.74) is 3.55. The molecule has 2 aromatic carbocycles. The first-order valence-electron chi connectivity index (χ1n) is 11.0. The van der Waals surface area contributed by atoms with E-state index in [9.17, 15) is 9.59 Å². The third-order valence-corrected chi connectivity index (χ3v) is 7.87. The maximum Gasteiger partial charge on any atom is 0.295 e. The first kappa shape index (κ1) is 23.1. The van der Waals surface area contributed by atoms with E-state index >= 15 is 0 Å². The molecular weight excluding hydrogens is 478 g/mol. The van der Waals surface area contributed by atoms with E-state index in [1.807, 2.05) is 62.4 Å². The average Bonchev–Trinajstić information content (AvgIpc) is 3.41. The number of amides is 1. The normalized spacial score (nSPS) is 12.1. The smallest absolute Gasteiger partial charge is 0.295 e. The lowest BCUT2D eigenvalue weighted by Crippen LogP contribution is -2.27. The Morgan fingerprint density at radius 2 is 1.74 bits per heavy atom. The predicted octanol–water partition coefficient (Wildman–Crippen LogP) is 5.28. The lowest BCUT2D eigenvalue weighted by Gasteiger charge is -2.12. The molecule has 1 N–H and O–H groups in total. The third-order valence-electron chi connectivity index (χ3n) is 5.88. The molecule has 9 heteroatoms. The summed E-state index contributed by atoms with van der Waals surface area (Å²) in [6.45, 7) is 3.64. The van der Waals surface area contributed by atoms with Crippen LogP contribution in [0, 0.1) is 6.92 Å². The number of rotatable bonds is 6. The Kier molecular flexibility index (Phi) is 6.27. The Hall–Kier alpha value is -3.69. The van der Waals surface area contributed by atoms with E-state index in [0.29, 0.717) is 5.69 Å². The highest BCUT2D eigenvalue weighted by Crippen LogP contribution is 2.39. The van der Waals surface area contributed by atoms with E-state index in [1.165, 1.54) is 18.1 Å². The SMILES string of the molecule is Cc1c(NC(=O)[C@@H](C)Sc2ncnc3scc(-c4ccccc4)c23)c(=O)n(-c2ccccc2)n1C. The summed E-state index contributed by atoms with van der Waals surface area (Å²) in [6, 6.07) is 19.4. The maximum absolute atomic E-state index is 13.2. The highest BCUT2D eigenvalue weighted by atomic mass is 32.2.